The molecule has 0 aromatic heterocycles. The first-order valence-corrected chi connectivity index (χ1v) is 4.49. The first-order valence-electron chi connectivity index (χ1n) is 4.49. The highest BCUT2D eigenvalue weighted by atomic mass is 14.9. The van der Waals surface area contributed by atoms with E-state index in [0.717, 1.165) is 0 Å². The molecule has 0 spiro atoms. The lowest BCUT2D eigenvalue weighted by Crippen LogP contribution is -2.23. The molecule has 0 aromatic rings. The molecule has 1 aliphatic heterocycles. The van der Waals surface area contributed by atoms with Gasteiger partial charge in [-0.2, -0.15) is 0 Å². The van der Waals surface area contributed by atoms with Crippen LogP contribution in [-0.2, 0) is 0 Å². The van der Waals surface area contributed by atoms with E-state index in [0.29, 0.717) is 5.41 Å². The highest BCUT2D eigenvalue weighted by Crippen LogP contribution is 2.21. The van der Waals surface area contributed by atoms with Crippen LogP contribution in [0.3, 0.4) is 0 Å². The standard InChI is InChI=1S/C10H19N/c1-10(2,3)8-9-4-6-11-7-5-9/h8,11H,4-7H2,1-3H3. The topological polar surface area (TPSA) is 12.0 Å². The van der Waals surface area contributed by atoms with Gasteiger partial charge in [0.15, 0.2) is 0 Å². The van der Waals surface area contributed by atoms with Crippen molar-refractivity contribution in [3.8, 4) is 0 Å². The third-order valence-electron chi connectivity index (χ3n) is 1.88. The van der Waals surface area contributed by atoms with Gasteiger partial charge in [0.2, 0.25) is 0 Å². The average Bonchev–Trinajstić information content (AvgIpc) is 1.85. The summed E-state index contributed by atoms with van der Waals surface area (Å²) in [6.45, 7) is 9.13. The Bertz CT molecular complexity index is 143. The minimum Gasteiger partial charge on any atom is -0.316 e. The summed E-state index contributed by atoms with van der Waals surface area (Å²) in [5.74, 6) is 0. The largest absolute Gasteiger partial charge is 0.316 e. The van der Waals surface area contributed by atoms with Crippen LogP contribution in [0.5, 0.6) is 0 Å². The second kappa shape index (κ2) is 3.40. The molecule has 0 amide bonds. The Morgan fingerprint density at radius 1 is 1.18 bits per heavy atom. The summed E-state index contributed by atoms with van der Waals surface area (Å²) in [6.07, 6.45) is 4.92. The molecule has 1 nitrogen and oxygen atoms in total. The molecule has 1 N–H and O–H groups in total. The average molecular weight is 153 g/mol. The van der Waals surface area contributed by atoms with Crippen LogP contribution in [0.2, 0.25) is 0 Å². The maximum Gasteiger partial charge on any atom is -0.00115 e. The van der Waals surface area contributed by atoms with Crippen molar-refractivity contribution in [2.45, 2.75) is 33.6 Å². The molecule has 1 saturated heterocycles. The van der Waals surface area contributed by atoms with Crippen LogP contribution in [-0.4, -0.2) is 13.1 Å². The zero-order valence-corrected chi connectivity index (χ0v) is 7.91. The Kier molecular flexibility index (Phi) is 2.72. The van der Waals surface area contributed by atoms with Gasteiger partial charge in [-0.05, 0) is 31.3 Å². The molecule has 1 fully saturated rings. The van der Waals surface area contributed by atoms with Crippen molar-refractivity contribution in [3.05, 3.63) is 11.6 Å². The van der Waals surface area contributed by atoms with E-state index in [1.165, 1.54) is 25.9 Å². The second-order valence-electron chi connectivity index (χ2n) is 4.42. The first kappa shape index (κ1) is 8.79. The predicted molar refractivity (Wildman–Crippen MR) is 49.6 cm³/mol. The summed E-state index contributed by atoms with van der Waals surface area (Å²) in [5, 5.41) is 3.36. The van der Waals surface area contributed by atoms with Crippen LogP contribution in [0.15, 0.2) is 11.6 Å². The zero-order chi connectivity index (χ0) is 8.32. The molecule has 0 aliphatic carbocycles. The van der Waals surface area contributed by atoms with E-state index in [4.69, 9.17) is 0 Å². The van der Waals surface area contributed by atoms with E-state index >= 15 is 0 Å². The van der Waals surface area contributed by atoms with Gasteiger partial charge >= 0.3 is 0 Å². The fraction of sp³-hybridized carbons (Fsp3) is 0.800. The Morgan fingerprint density at radius 2 is 1.73 bits per heavy atom. The molecule has 0 saturated carbocycles. The fourth-order valence-corrected chi connectivity index (χ4v) is 1.50. The molecule has 1 heteroatoms. The fourth-order valence-electron chi connectivity index (χ4n) is 1.50. The molecule has 11 heavy (non-hydrogen) atoms. The number of hydrogen-bond donors (Lipinski definition) is 1. The van der Waals surface area contributed by atoms with Crippen molar-refractivity contribution in [1.82, 2.24) is 5.32 Å². The van der Waals surface area contributed by atoms with Gasteiger partial charge in [0.05, 0.1) is 0 Å². The lowest BCUT2D eigenvalue weighted by Gasteiger charge is -2.20. The summed E-state index contributed by atoms with van der Waals surface area (Å²) in [5.41, 5.74) is 2.00. The Labute approximate surface area is 69.9 Å². The third kappa shape index (κ3) is 3.57. The molecular weight excluding hydrogens is 134 g/mol. The van der Waals surface area contributed by atoms with Crippen LogP contribution >= 0.6 is 0 Å². The number of hydrogen-bond acceptors (Lipinski definition) is 1. The SMILES string of the molecule is CC(C)(C)C=C1CCNCC1. The molecule has 0 aromatic carbocycles. The summed E-state index contributed by atoms with van der Waals surface area (Å²) in [7, 11) is 0. The van der Waals surface area contributed by atoms with Gasteiger partial charge in [-0.1, -0.05) is 32.4 Å². The van der Waals surface area contributed by atoms with E-state index in [1.54, 1.807) is 5.57 Å². The summed E-state index contributed by atoms with van der Waals surface area (Å²) in [6, 6.07) is 0. The molecule has 0 atom stereocenters. The van der Waals surface area contributed by atoms with Gasteiger partial charge in [0, 0.05) is 0 Å². The summed E-state index contributed by atoms with van der Waals surface area (Å²) < 4.78 is 0. The van der Waals surface area contributed by atoms with E-state index < -0.39 is 0 Å². The zero-order valence-electron chi connectivity index (χ0n) is 7.91. The number of allylic oxidation sites excluding steroid dienone is 1. The highest BCUT2D eigenvalue weighted by molar-refractivity contribution is 5.09. The number of nitrogens with one attached hydrogen (secondary N) is 1. The van der Waals surface area contributed by atoms with E-state index in [-0.39, 0.29) is 0 Å². The molecule has 1 rings (SSSR count). The molecule has 1 aliphatic rings. The molecular formula is C10H19N. The smallest absolute Gasteiger partial charge is 0.00115 e. The lowest BCUT2D eigenvalue weighted by atomic mass is 9.90. The first-order chi connectivity index (χ1) is 5.08. The van der Waals surface area contributed by atoms with E-state index in [2.05, 4.69) is 32.2 Å². The van der Waals surface area contributed by atoms with Gasteiger partial charge in [0.1, 0.15) is 0 Å². The van der Waals surface area contributed by atoms with Crippen LogP contribution in [0, 0.1) is 5.41 Å². The minimum absolute atomic E-state index is 0.368. The summed E-state index contributed by atoms with van der Waals surface area (Å²) in [4.78, 5) is 0. The Balaban J connectivity index is 2.50. The third-order valence-corrected chi connectivity index (χ3v) is 1.88. The maximum absolute atomic E-state index is 3.36. The van der Waals surface area contributed by atoms with Gasteiger partial charge in [0.25, 0.3) is 0 Å². The van der Waals surface area contributed by atoms with Gasteiger partial charge in [-0.15, -0.1) is 0 Å². The van der Waals surface area contributed by atoms with Crippen molar-refractivity contribution in [3.63, 3.8) is 0 Å². The summed E-state index contributed by atoms with van der Waals surface area (Å²) >= 11 is 0. The van der Waals surface area contributed by atoms with Crippen LogP contribution in [0.25, 0.3) is 0 Å². The molecule has 0 radical (unpaired) electrons. The molecule has 1 heterocycles. The number of rotatable bonds is 0. The van der Waals surface area contributed by atoms with Crippen molar-refractivity contribution < 1.29 is 0 Å². The van der Waals surface area contributed by atoms with Gasteiger partial charge in [-0.3, -0.25) is 0 Å². The molecule has 0 unspecified atom stereocenters. The van der Waals surface area contributed by atoms with Crippen molar-refractivity contribution in [2.24, 2.45) is 5.41 Å². The van der Waals surface area contributed by atoms with Gasteiger partial charge in [-0.25, -0.2) is 0 Å². The quantitative estimate of drug-likeness (QED) is 0.527. The van der Waals surface area contributed by atoms with Gasteiger partial charge < -0.3 is 5.32 Å². The normalized spacial score (nSPS) is 20.1. The van der Waals surface area contributed by atoms with Crippen LogP contribution < -0.4 is 5.32 Å². The Hall–Kier alpha value is -0.300. The number of piperidine rings is 1. The van der Waals surface area contributed by atoms with Crippen molar-refractivity contribution >= 4 is 0 Å². The Morgan fingerprint density at radius 3 is 2.18 bits per heavy atom. The lowest BCUT2D eigenvalue weighted by molar-refractivity contribution is 0.521. The molecule has 0 bridgehead atoms. The monoisotopic (exact) mass is 153 g/mol. The second-order valence-corrected chi connectivity index (χ2v) is 4.42. The predicted octanol–water partition coefficient (Wildman–Crippen LogP) is 2.34. The van der Waals surface area contributed by atoms with Crippen LogP contribution in [0.1, 0.15) is 33.6 Å². The van der Waals surface area contributed by atoms with E-state index in [1.807, 2.05) is 0 Å². The maximum atomic E-state index is 3.36. The minimum atomic E-state index is 0.368. The van der Waals surface area contributed by atoms with Crippen molar-refractivity contribution in [1.29, 1.82) is 0 Å². The highest BCUT2D eigenvalue weighted by Gasteiger charge is 2.10. The van der Waals surface area contributed by atoms with Crippen LogP contribution in [0.4, 0.5) is 0 Å². The van der Waals surface area contributed by atoms with Crippen molar-refractivity contribution in [2.75, 3.05) is 13.1 Å². The van der Waals surface area contributed by atoms with E-state index in [9.17, 15) is 0 Å². The molecule has 64 valence electrons.